The zero-order valence-corrected chi connectivity index (χ0v) is 23.8. The monoisotopic (exact) mass is 558 g/mol. The summed E-state index contributed by atoms with van der Waals surface area (Å²) in [4.78, 5) is 48.5. The van der Waals surface area contributed by atoms with Gasteiger partial charge in [-0.2, -0.15) is 5.48 Å². The number of likely N-dealkylation sites (N-methyl/N-ethyl adjacent to an activating group) is 1. The SMILES string of the molecule is CN(C)c1cc(CNOC(C)(C)C)c(O)c2c1C[C@H]1C[C@H]3[C@H](N(C)C)C(O)=C(C(N)=O)C(=O)[C@@]3(O)C(O)=C1C2=O. The Balaban J connectivity index is 1.90. The molecular formula is C28H38N4O8. The largest absolute Gasteiger partial charge is 0.510 e. The molecule has 4 rings (SSSR count). The van der Waals surface area contributed by atoms with E-state index in [1.165, 1.54) is 4.90 Å². The van der Waals surface area contributed by atoms with E-state index in [1.807, 2.05) is 25.7 Å². The predicted molar refractivity (Wildman–Crippen MR) is 146 cm³/mol. The smallest absolute Gasteiger partial charge is 0.255 e. The molecule has 0 bridgehead atoms. The summed E-state index contributed by atoms with van der Waals surface area (Å²) >= 11 is 0. The number of nitrogens with zero attached hydrogens (tertiary/aromatic N) is 2. The van der Waals surface area contributed by atoms with Crippen molar-refractivity contribution in [2.75, 3.05) is 33.1 Å². The summed E-state index contributed by atoms with van der Waals surface area (Å²) in [5, 5.41) is 45.4. The van der Waals surface area contributed by atoms with Gasteiger partial charge in [0.15, 0.2) is 11.4 Å². The summed E-state index contributed by atoms with van der Waals surface area (Å²) in [6.07, 6.45) is 0.240. The molecule has 0 saturated heterocycles. The van der Waals surface area contributed by atoms with Crippen molar-refractivity contribution in [1.29, 1.82) is 0 Å². The fraction of sp³-hybridized carbons (Fsp3) is 0.536. The summed E-state index contributed by atoms with van der Waals surface area (Å²) in [5.41, 5.74) is 5.53. The summed E-state index contributed by atoms with van der Waals surface area (Å²) in [7, 11) is 6.79. The number of anilines is 1. The van der Waals surface area contributed by atoms with Crippen molar-refractivity contribution in [3.63, 3.8) is 0 Å². The molecule has 0 radical (unpaired) electrons. The molecule has 12 heteroatoms. The molecule has 0 saturated carbocycles. The van der Waals surface area contributed by atoms with Crippen LogP contribution in [0, 0.1) is 11.8 Å². The maximum absolute atomic E-state index is 14.0. The van der Waals surface area contributed by atoms with Crippen molar-refractivity contribution in [2.45, 2.75) is 57.4 Å². The van der Waals surface area contributed by atoms with Crippen LogP contribution in [0.1, 0.15) is 48.7 Å². The molecule has 0 aliphatic heterocycles. The van der Waals surface area contributed by atoms with Gasteiger partial charge in [0.05, 0.1) is 17.2 Å². The number of aromatic hydroxyl groups is 1. The molecule has 12 nitrogen and oxygen atoms in total. The number of hydrogen-bond acceptors (Lipinski definition) is 11. The molecule has 3 aliphatic rings. The number of ketones is 2. The van der Waals surface area contributed by atoms with E-state index < -0.39 is 63.6 Å². The van der Waals surface area contributed by atoms with Crippen LogP contribution in [-0.2, 0) is 27.4 Å². The average molecular weight is 559 g/mol. The van der Waals surface area contributed by atoms with Crippen LogP contribution in [0.5, 0.6) is 5.75 Å². The third-order valence-electron chi connectivity index (χ3n) is 7.90. The summed E-state index contributed by atoms with van der Waals surface area (Å²) < 4.78 is 0. The zero-order chi connectivity index (χ0) is 30.1. The number of rotatable bonds is 6. The number of Topliss-reactive ketones (excluding diaryl/α,β-unsaturated/α-hetero) is 2. The van der Waals surface area contributed by atoms with Crippen LogP contribution in [-0.4, -0.2) is 88.2 Å². The van der Waals surface area contributed by atoms with Gasteiger partial charge in [0.25, 0.3) is 5.91 Å². The Hall–Kier alpha value is -3.45. The van der Waals surface area contributed by atoms with E-state index in [4.69, 9.17) is 10.6 Å². The second-order valence-corrected chi connectivity index (χ2v) is 12.2. The maximum atomic E-state index is 14.0. The van der Waals surface area contributed by atoms with E-state index in [0.717, 1.165) is 0 Å². The van der Waals surface area contributed by atoms with Gasteiger partial charge < -0.3 is 31.1 Å². The summed E-state index contributed by atoms with van der Waals surface area (Å²) in [6.45, 7) is 5.62. The molecule has 0 unspecified atom stereocenters. The number of fused-ring (bicyclic) bond motifs is 3. The molecule has 1 aromatic carbocycles. The van der Waals surface area contributed by atoms with Crippen molar-refractivity contribution in [3.05, 3.63) is 45.4 Å². The number of hydroxylamine groups is 1. The number of phenols is 1. The minimum atomic E-state index is -2.68. The number of amides is 1. The number of carbonyl (C=O) groups excluding carboxylic acids is 3. The van der Waals surface area contributed by atoms with Crippen molar-refractivity contribution in [3.8, 4) is 5.75 Å². The van der Waals surface area contributed by atoms with Crippen molar-refractivity contribution < 1.29 is 39.6 Å². The number of phenolic OH excluding ortho intramolecular Hbond substituents is 1. The molecular weight excluding hydrogens is 520 g/mol. The van der Waals surface area contributed by atoms with Crippen LogP contribution in [0.3, 0.4) is 0 Å². The van der Waals surface area contributed by atoms with Gasteiger partial charge >= 0.3 is 0 Å². The standard InChI is InChI=1S/C28H38N4O8/c1-27(2,3)40-30-11-13-10-16(31(4)5)14-8-12-9-15-20(32(6)7)23(35)19(26(29)38)25(37)28(15,39)24(36)17(12)22(34)18(14)21(13)33/h10,12,15,20,30,33,35-36,39H,8-9,11H2,1-7H3,(H2,29,38)/t12-,15-,20-,28-/m0/s1. The van der Waals surface area contributed by atoms with Crippen molar-refractivity contribution in [2.24, 2.45) is 17.6 Å². The third kappa shape index (κ3) is 4.44. The number of carbonyl (C=O) groups is 3. The lowest BCUT2D eigenvalue weighted by Gasteiger charge is -2.50. The lowest BCUT2D eigenvalue weighted by atomic mass is 9.58. The van der Waals surface area contributed by atoms with E-state index in [1.54, 1.807) is 34.3 Å². The Morgan fingerprint density at radius 1 is 1.18 bits per heavy atom. The predicted octanol–water partition coefficient (Wildman–Crippen LogP) is 1.01. The topological polar surface area (TPSA) is 186 Å². The molecule has 1 amide bonds. The molecule has 3 aliphatic carbocycles. The first-order valence-corrected chi connectivity index (χ1v) is 13.0. The Labute approximate surface area is 232 Å². The van der Waals surface area contributed by atoms with Gasteiger partial charge in [0.2, 0.25) is 5.78 Å². The minimum Gasteiger partial charge on any atom is -0.510 e. The second-order valence-electron chi connectivity index (χ2n) is 12.2. The van der Waals surface area contributed by atoms with Crippen molar-refractivity contribution in [1.82, 2.24) is 10.4 Å². The second kappa shape index (κ2) is 9.88. The third-order valence-corrected chi connectivity index (χ3v) is 7.90. The fourth-order valence-electron chi connectivity index (χ4n) is 6.22. The Bertz CT molecular complexity index is 1360. The van der Waals surface area contributed by atoms with Crippen LogP contribution in [0.2, 0.25) is 0 Å². The van der Waals surface area contributed by atoms with Gasteiger partial charge in [-0.1, -0.05) is 0 Å². The molecule has 1 aromatic rings. The normalized spacial score (nSPS) is 26.6. The number of aliphatic hydroxyl groups is 3. The van der Waals surface area contributed by atoms with Gasteiger partial charge in [-0.15, -0.1) is 0 Å². The number of nitrogens with one attached hydrogen (secondary N) is 1. The lowest BCUT2D eigenvalue weighted by Crippen LogP contribution is -2.63. The fourth-order valence-corrected chi connectivity index (χ4v) is 6.22. The first kappa shape index (κ1) is 29.5. The van der Waals surface area contributed by atoms with E-state index in [9.17, 15) is 34.8 Å². The van der Waals surface area contributed by atoms with Gasteiger partial charge in [-0.3, -0.25) is 24.1 Å². The van der Waals surface area contributed by atoms with E-state index >= 15 is 0 Å². The van der Waals surface area contributed by atoms with Crippen LogP contribution >= 0.6 is 0 Å². The van der Waals surface area contributed by atoms with Crippen LogP contribution in [0.25, 0.3) is 0 Å². The average Bonchev–Trinajstić information content (AvgIpc) is 2.81. The van der Waals surface area contributed by atoms with E-state index in [-0.39, 0.29) is 36.3 Å². The summed E-state index contributed by atoms with van der Waals surface area (Å²) in [5.74, 6) is -6.77. The van der Waals surface area contributed by atoms with Crippen LogP contribution < -0.4 is 16.1 Å². The molecule has 4 atom stereocenters. The Morgan fingerprint density at radius 2 is 1.80 bits per heavy atom. The Kier molecular flexibility index (Phi) is 7.29. The Morgan fingerprint density at radius 3 is 2.33 bits per heavy atom. The highest BCUT2D eigenvalue weighted by atomic mass is 16.7. The maximum Gasteiger partial charge on any atom is 0.255 e. The molecule has 218 valence electrons. The van der Waals surface area contributed by atoms with Gasteiger partial charge in [0, 0.05) is 43.4 Å². The van der Waals surface area contributed by atoms with Gasteiger partial charge in [-0.05, 0) is 65.3 Å². The quantitative estimate of drug-likeness (QED) is 0.216. The van der Waals surface area contributed by atoms with E-state index in [0.29, 0.717) is 16.8 Å². The molecule has 0 heterocycles. The summed E-state index contributed by atoms with van der Waals surface area (Å²) in [6, 6.07) is 0.720. The number of benzene rings is 1. The number of allylic oxidation sites excluding steroid dienone is 1. The number of nitrogens with two attached hydrogens (primary N) is 1. The van der Waals surface area contributed by atoms with Gasteiger partial charge in [0.1, 0.15) is 22.8 Å². The molecule has 7 N–H and O–H groups in total. The minimum absolute atomic E-state index is 0.0299. The molecule has 0 aromatic heterocycles. The molecule has 0 spiro atoms. The first-order valence-electron chi connectivity index (χ1n) is 13.0. The highest BCUT2D eigenvalue weighted by Crippen LogP contribution is 2.53. The number of primary amides is 1. The lowest BCUT2D eigenvalue weighted by molar-refractivity contribution is -0.148. The van der Waals surface area contributed by atoms with Gasteiger partial charge in [-0.25, -0.2) is 0 Å². The molecule has 0 fully saturated rings. The first-order chi connectivity index (χ1) is 18.4. The van der Waals surface area contributed by atoms with Crippen LogP contribution in [0.4, 0.5) is 5.69 Å². The number of aliphatic hydroxyl groups excluding tert-OH is 2. The zero-order valence-electron chi connectivity index (χ0n) is 23.8. The van der Waals surface area contributed by atoms with Crippen molar-refractivity contribution >= 4 is 23.2 Å². The van der Waals surface area contributed by atoms with E-state index in [2.05, 4.69) is 5.48 Å². The highest BCUT2D eigenvalue weighted by molar-refractivity contribution is 6.24. The molecule has 40 heavy (non-hydrogen) atoms. The van der Waals surface area contributed by atoms with Crippen LogP contribution in [0.15, 0.2) is 28.7 Å². The number of hydrogen-bond donors (Lipinski definition) is 6. The highest BCUT2D eigenvalue weighted by Gasteiger charge is 2.63.